The Balaban J connectivity index is 2.48. The second-order valence-electron chi connectivity index (χ2n) is 4.49. The molecule has 0 spiro atoms. The van der Waals surface area contributed by atoms with Crippen molar-refractivity contribution in [1.29, 1.82) is 0 Å². The van der Waals surface area contributed by atoms with E-state index in [1.807, 2.05) is 0 Å². The van der Waals surface area contributed by atoms with Crippen LogP contribution in [0.2, 0.25) is 0 Å². The third-order valence-corrected chi connectivity index (χ3v) is 3.30. The number of ether oxygens (including phenoxy) is 3. The topological polar surface area (TPSA) is 57.0 Å². The first-order valence-electron chi connectivity index (χ1n) is 6.27. The highest BCUT2D eigenvalue weighted by Gasteiger charge is 2.34. The van der Waals surface area contributed by atoms with E-state index in [1.54, 1.807) is 21.3 Å². The molecule has 0 aromatic heterocycles. The maximum atomic E-state index is 5.88. The number of hydrogen-bond acceptors (Lipinski definition) is 5. The van der Waals surface area contributed by atoms with Crippen LogP contribution < -0.4 is 5.73 Å². The average molecular weight is 246 g/mol. The minimum atomic E-state index is -0.174. The first-order chi connectivity index (χ1) is 8.26. The van der Waals surface area contributed by atoms with E-state index in [4.69, 9.17) is 19.9 Å². The molecule has 0 aromatic rings. The number of nitrogens with two attached hydrogens (primary N) is 1. The van der Waals surface area contributed by atoms with Gasteiger partial charge in [-0.2, -0.15) is 0 Å². The summed E-state index contributed by atoms with van der Waals surface area (Å²) >= 11 is 0. The Morgan fingerprint density at radius 3 is 2.29 bits per heavy atom. The van der Waals surface area contributed by atoms with Crippen molar-refractivity contribution < 1.29 is 14.2 Å². The first-order valence-corrected chi connectivity index (χ1v) is 6.27. The molecule has 1 saturated carbocycles. The van der Waals surface area contributed by atoms with Gasteiger partial charge in [0.2, 0.25) is 0 Å². The van der Waals surface area contributed by atoms with Gasteiger partial charge >= 0.3 is 0 Å². The van der Waals surface area contributed by atoms with Crippen LogP contribution in [0.5, 0.6) is 0 Å². The van der Waals surface area contributed by atoms with Crippen molar-refractivity contribution in [2.75, 3.05) is 41.0 Å². The smallest absolute Gasteiger partial charge is 0.158 e. The molecule has 1 aliphatic rings. The zero-order valence-corrected chi connectivity index (χ0v) is 11.2. The van der Waals surface area contributed by atoms with Gasteiger partial charge in [0.25, 0.3) is 0 Å². The van der Waals surface area contributed by atoms with Gasteiger partial charge in [0.15, 0.2) is 6.29 Å². The molecule has 1 unspecified atom stereocenters. The van der Waals surface area contributed by atoms with Crippen LogP contribution in [0.4, 0.5) is 0 Å². The summed E-state index contributed by atoms with van der Waals surface area (Å²) in [5.74, 6) is 0. The van der Waals surface area contributed by atoms with Crippen LogP contribution in [0, 0.1) is 0 Å². The van der Waals surface area contributed by atoms with E-state index in [0.29, 0.717) is 18.6 Å². The fraction of sp³-hybridized carbons (Fsp3) is 1.00. The van der Waals surface area contributed by atoms with Crippen LogP contribution in [-0.4, -0.2) is 64.3 Å². The minimum Gasteiger partial charge on any atom is -0.383 e. The van der Waals surface area contributed by atoms with E-state index in [2.05, 4.69) is 4.90 Å². The minimum absolute atomic E-state index is 0.174. The van der Waals surface area contributed by atoms with Crippen molar-refractivity contribution in [3.05, 3.63) is 0 Å². The third-order valence-electron chi connectivity index (χ3n) is 3.30. The summed E-state index contributed by atoms with van der Waals surface area (Å²) in [5, 5.41) is 0. The highest BCUT2D eigenvalue weighted by molar-refractivity contribution is 4.89. The Bertz CT molecular complexity index is 196. The maximum absolute atomic E-state index is 5.88. The van der Waals surface area contributed by atoms with Crippen LogP contribution in [0.1, 0.15) is 19.3 Å². The monoisotopic (exact) mass is 246 g/mol. The van der Waals surface area contributed by atoms with Gasteiger partial charge in [-0.3, -0.25) is 4.90 Å². The SMILES string of the molecule is COCCN(C1CC1)C(CN)CC(OC)OC. The molecule has 5 nitrogen and oxygen atoms in total. The number of methoxy groups -OCH3 is 3. The van der Waals surface area contributed by atoms with Gasteiger partial charge in [-0.05, 0) is 12.8 Å². The summed E-state index contributed by atoms with van der Waals surface area (Å²) in [5.41, 5.74) is 5.88. The quantitative estimate of drug-likeness (QED) is 0.567. The molecule has 1 atom stereocenters. The maximum Gasteiger partial charge on any atom is 0.158 e. The number of hydrogen-bond donors (Lipinski definition) is 1. The van der Waals surface area contributed by atoms with E-state index in [0.717, 1.165) is 19.6 Å². The average Bonchev–Trinajstić information content (AvgIpc) is 3.18. The Morgan fingerprint density at radius 2 is 1.88 bits per heavy atom. The summed E-state index contributed by atoms with van der Waals surface area (Å²) in [4.78, 5) is 2.44. The fourth-order valence-corrected chi connectivity index (χ4v) is 2.14. The third kappa shape index (κ3) is 4.89. The molecule has 1 fully saturated rings. The second-order valence-corrected chi connectivity index (χ2v) is 4.49. The van der Waals surface area contributed by atoms with Crippen molar-refractivity contribution in [2.24, 2.45) is 5.73 Å². The summed E-state index contributed by atoms with van der Waals surface area (Å²) in [7, 11) is 5.06. The zero-order valence-electron chi connectivity index (χ0n) is 11.2. The summed E-state index contributed by atoms with van der Waals surface area (Å²) in [6, 6.07) is 0.982. The molecule has 1 rings (SSSR count). The van der Waals surface area contributed by atoms with Crippen LogP contribution >= 0.6 is 0 Å². The molecule has 0 radical (unpaired) electrons. The molecule has 0 aliphatic heterocycles. The van der Waals surface area contributed by atoms with E-state index in [1.165, 1.54) is 12.8 Å². The van der Waals surface area contributed by atoms with Gasteiger partial charge in [0.05, 0.1) is 6.61 Å². The van der Waals surface area contributed by atoms with Gasteiger partial charge < -0.3 is 19.9 Å². The van der Waals surface area contributed by atoms with Gasteiger partial charge in [0, 0.05) is 52.9 Å². The molecule has 1 aliphatic carbocycles. The number of nitrogens with zero attached hydrogens (tertiary/aromatic N) is 1. The summed E-state index contributed by atoms with van der Waals surface area (Å²) in [6.45, 7) is 2.31. The largest absolute Gasteiger partial charge is 0.383 e. The lowest BCUT2D eigenvalue weighted by molar-refractivity contribution is -0.117. The molecular weight excluding hydrogens is 220 g/mol. The Morgan fingerprint density at radius 1 is 1.24 bits per heavy atom. The van der Waals surface area contributed by atoms with Crippen LogP contribution in [0.3, 0.4) is 0 Å². The molecule has 0 aromatic carbocycles. The Hall–Kier alpha value is -0.200. The van der Waals surface area contributed by atoms with E-state index >= 15 is 0 Å². The molecule has 2 N–H and O–H groups in total. The van der Waals surface area contributed by atoms with Gasteiger partial charge in [-0.1, -0.05) is 0 Å². The van der Waals surface area contributed by atoms with Crippen LogP contribution in [-0.2, 0) is 14.2 Å². The lowest BCUT2D eigenvalue weighted by Crippen LogP contribution is -2.46. The van der Waals surface area contributed by atoms with Gasteiger partial charge in [0.1, 0.15) is 0 Å². The highest BCUT2D eigenvalue weighted by atomic mass is 16.7. The predicted octanol–water partition coefficient (Wildman–Crippen LogP) is 0.434. The molecule has 0 heterocycles. The van der Waals surface area contributed by atoms with Crippen LogP contribution in [0.15, 0.2) is 0 Å². The Kier molecular flexibility index (Phi) is 6.99. The van der Waals surface area contributed by atoms with E-state index in [9.17, 15) is 0 Å². The molecule has 17 heavy (non-hydrogen) atoms. The summed E-state index contributed by atoms with van der Waals surface area (Å²) in [6.07, 6.45) is 3.17. The standard InChI is InChI=1S/C12H26N2O3/c1-15-7-6-14(10-4-5-10)11(9-13)8-12(16-2)17-3/h10-12H,4-9,13H2,1-3H3. The molecular formula is C12H26N2O3. The molecule has 5 heteroatoms. The lowest BCUT2D eigenvalue weighted by Gasteiger charge is -2.32. The Labute approximate surface area is 104 Å². The lowest BCUT2D eigenvalue weighted by atomic mass is 10.1. The molecule has 0 amide bonds. The molecule has 0 bridgehead atoms. The summed E-state index contributed by atoms with van der Waals surface area (Å²) < 4.78 is 15.7. The normalized spacial score (nSPS) is 18.0. The van der Waals surface area contributed by atoms with Crippen molar-refractivity contribution in [1.82, 2.24) is 4.90 Å². The molecule has 0 saturated heterocycles. The first kappa shape index (κ1) is 14.9. The highest BCUT2D eigenvalue weighted by Crippen LogP contribution is 2.29. The van der Waals surface area contributed by atoms with Crippen molar-refractivity contribution in [3.63, 3.8) is 0 Å². The van der Waals surface area contributed by atoms with Gasteiger partial charge in [-0.25, -0.2) is 0 Å². The predicted molar refractivity (Wildman–Crippen MR) is 66.9 cm³/mol. The fourth-order valence-electron chi connectivity index (χ4n) is 2.14. The van der Waals surface area contributed by atoms with Crippen molar-refractivity contribution >= 4 is 0 Å². The number of rotatable bonds is 10. The zero-order chi connectivity index (χ0) is 12.7. The van der Waals surface area contributed by atoms with Crippen molar-refractivity contribution in [3.8, 4) is 0 Å². The van der Waals surface area contributed by atoms with Gasteiger partial charge in [-0.15, -0.1) is 0 Å². The molecule has 102 valence electrons. The van der Waals surface area contributed by atoms with Crippen LogP contribution in [0.25, 0.3) is 0 Å². The second kappa shape index (κ2) is 8.00. The van der Waals surface area contributed by atoms with E-state index in [-0.39, 0.29) is 6.29 Å². The van der Waals surface area contributed by atoms with E-state index < -0.39 is 0 Å². The van der Waals surface area contributed by atoms with Crippen molar-refractivity contribution in [2.45, 2.75) is 37.6 Å².